The number of nitriles is 1. The number of aliphatic hydroxyl groups is 1. The average Bonchev–Trinajstić information content (AvgIpc) is 3.44. The first-order valence-corrected chi connectivity index (χ1v) is 10.8. The van der Waals surface area contributed by atoms with Crippen molar-refractivity contribution in [3.05, 3.63) is 47.4 Å². The molecule has 0 spiro atoms. The van der Waals surface area contributed by atoms with Crippen LogP contribution in [0.25, 0.3) is 28.2 Å². The maximum absolute atomic E-state index is 13.0. The van der Waals surface area contributed by atoms with Crippen LogP contribution in [-0.2, 0) is 11.3 Å². The van der Waals surface area contributed by atoms with Crippen LogP contribution in [0.15, 0.2) is 36.2 Å². The average molecular weight is 431 g/mol. The smallest absolute Gasteiger partial charge is 0.264 e. The molecule has 0 bridgehead atoms. The first-order chi connectivity index (χ1) is 15.5. The first kappa shape index (κ1) is 21.5. The van der Waals surface area contributed by atoms with Gasteiger partial charge in [-0.05, 0) is 37.8 Å². The van der Waals surface area contributed by atoms with Crippen LogP contribution in [-0.4, -0.2) is 50.1 Å². The molecule has 4 rings (SSSR count). The summed E-state index contributed by atoms with van der Waals surface area (Å²) in [5, 5.41) is 20.0. The number of likely N-dealkylation sites (tertiary alicyclic amines) is 1. The van der Waals surface area contributed by atoms with Crippen LogP contribution in [0.5, 0.6) is 0 Å². The van der Waals surface area contributed by atoms with Crippen LogP contribution >= 0.6 is 0 Å². The Morgan fingerprint density at radius 2 is 1.97 bits per heavy atom. The fourth-order valence-electron chi connectivity index (χ4n) is 4.20. The molecular formula is C24H26N6O2. The number of aromatic nitrogens is 3. The van der Waals surface area contributed by atoms with E-state index >= 15 is 0 Å². The van der Waals surface area contributed by atoms with E-state index in [1.165, 1.54) is 6.33 Å². The number of fused-ring (bicyclic) bond motifs is 1. The number of anilines is 1. The molecule has 164 valence electrons. The van der Waals surface area contributed by atoms with Crippen LogP contribution in [0.4, 0.5) is 5.82 Å². The molecule has 1 aliphatic heterocycles. The van der Waals surface area contributed by atoms with Crippen molar-refractivity contribution in [3.63, 3.8) is 0 Å². The second kappa shape index (κ2) is 9.20. The molecule has 1 aromatic carbocycles. The molecule has 32 heavy (non-hydrogen) atoms. The molecule has 3 aromatic rings. The lowest BCUT2D eigenvalue weighted by molar-refractivity contribution is -0.125. The minimum Gasteiger partial charge on any atom is -0.396 e. The zero-order valence-electron chi connectivity index (χ0n) is 18.1. The predicted octanol–water partition coefficient (Wildman–Crippen LogP) is 2.90. The monoisotopic (exact) mass is 430 g/mol. The Hall–Kier alpha value is -3.70. The maximum Gasteiger partial charge on any atom is 0.264 e. The third-order valence-electron chi connectivity index (χ3n) is 5.81. The van der Waals surface area contributed by atoms with E-state index in [0.29, 0.717) is 48.6 Å². The van der Waals surface area contributed by atoms with Gasteiger partial charge in [-0.2, -0.15) is 5.26 Å². The Labute approximate surface area is 186 Å². The number of amides is 1. The standard InChI is InChI=1S/C24H26N6O2/c1-16-5-7-17(8-6-16)20-19(13-18(14-25)24(32)29-9-2-3-10-29)30(11-4-12-31)23-21(20)22(26)27-15-28-23/h5-8,13,15,31H,2-4,9-12H2,1H3,(H2,26,27,28)/b18-13-. The Morgan fingerprint density at radius 3 is 2.62 bits per heavy atom. The summed E-state index contributed by atoms with van der Waals surface area (Å²) in [5.41, 5.74) is 10.4. The summed E-state index contributed by atoms with van der Waals surface area (Å²) in [6.45, 7) is 3.79. The van der Waals surface area contributed by atoms with Crippen molar-refractivity contribution in [1.82, 2.24) is 19.4 Å². The number of aliphatic hydroxyl groups excluding tert-OH is 1. The van der Waals surface area contributed by atoms with E-state index in [0.717, 1.165) is 29.5 Å². The number of hydrogen-bond acceptors (Lipinski definition) is 6. The summed E-state index contributed by atoms with van der Waals surface area (Å²) in [6.07, 6.45) is 5.42. The quantitative estimate of drug-likeness (QED) is 0.458. The van der Waals surface area contributed by atoms with E-state index in [2.05, 4.69) is 16.0 Å². The van der Waals surface area contributed by atoms with E-state index in [-0.39, 0.29) is 18.1 Å². The summed E-state index contributed by atoms with van der Waals surface area (Å²) in [5.74, 6) is 0.0604. The number of hydrogen-bond donors (Lipinski definition) is 2. The minimum absolute atomic E-state index is 0.00107. The van der Waals surface area contributed by atoms with Crippen LogP contribution in [0.3, 0.4) is 0 Å². The summed E-state index contributed by atoms with van der Waals surface area (Å²) in [7, 11) is 0. The largest absolute Gasteiger partial charge is 0.396 e. The van der Waals surface area contributed by atoms with Gasteiger partial charge in [-0.15, -0.1) is 0 Å². The van der Waals surface area contributed by atoms with Crippen molar-refractivity contribution in [1.29, 1.82) is 5.26 Å². The number of aryl methyl sites for hydroxylation is 2. The third-order valence-corrected chi connectivity index (χ3v) is 5.81. The van der Waals surface area contributed by atoms with Gasteiger partial charge in [0.25, 0.3) is 5.91 Å². The lowest BCUT2D eigenvalue weighted by Crippen LogP contribution is -2.28. The Bertz CT molecular complexity index is 1210. The normalized spacial score (nSPS) is 14.2. The lowest BCUT2D eigenvalue weighted by Gasteiger charge is -2.15. The van der Waals surface area contributed by atoms with Crippen molar-refractivity contribution in [2.75, 3.05) is 25.4 Å². The van der Waals surface area contributed by atoms with Crippen molar-refractivity contribution in [2.24, 2.45) is 0 Å². The second-order valence-electron chi connectivity index (χ2n) is 7.98. The number of rotatable bonds is 6. The molecule has 0 radical (unpaired) electrons. The molecule has 1 aliphatic rings. The van der Waals surface area contributed by atoms with Gasteiger partial charge in [-0.3, -0.25) is 4.79 Å². The molecule has 3 N–H and O–H groups in total. The van der Waals surface area contributed by atoms with E-state index in [1.807, 2.05) is 35.8 Å². The highest BCUT2D eigenvalue weighted by Crippen LogP contribution is 2.38. The first-order valence-electron chi connectivity index (χ1n) is 10.8. The number of benzene rings is 1. The number of carbonyl (C=O) groups is 1. The molecule has 3 heterocycles. The molecule has 2 aromatic heterocycles. The van der Waals surface area contributed by atoms with Crippen LogP contribution in [0.1, 0.15) is 30.5 Å². The second-order valence-corrected chi connectivity index (χ2v) is 7.98. The van der Waals surface area contributed by atoms with Crippen LogP contribution in [0, 0.1) is 18.3 Å². The SMILES string of the molecule is Cc1ccc(-c2c(/C=C(/C#N)C(=O)N3CCCC3)n(CCCO)c3ncnc(N)c23)cc1. The zero-order valence-corrected chi connectivity index (χ0v) is 18.1. The highest BCUT2D eigenvalue weighted by molar-refractivity contribution is 6.08. The fraction of sp³-hybridized carbons (Fsp3) is 0.333. The summed E-state index contributed by atoms with van der Waals surface area (Å²) < 4.78 is 1.91. The highest BCUT2D eigenvalue weighted by atomic mass is 16.3. The van der Waals surface area contributed by atoms with Crippen LogP contribution < -0.4 is 5.73 Å². The van der Waals surface area contributed by atoms with Gasteiger partial charge in [-0.25, -0.2) is 9.97 Å². The number of nitrogen functional groups attached to an aromatic ring is 1. The Kier molecular flexibility index (Phi) is 6.19. The van der Waals surface area contributed by atoms with Gasteiger partial charge < -0.3 is 20.3 Å². The van der Waals surface area contributed by atoms with Crippen molar-refractivity contribution in [2.45, 2.75) is 32.7 Å². The summed E-state index contributed by atoms with van der Waals surface area (Å²) >= 11 is 0. The molecule has 8 heteroatoms. The van der Waals surface area contributed by atoms with Crippen molar-refractivity contribution in [3.8, 4) is 17.2 Å². The molecule has 1 fully saturated rings. The van der Waals surface area contributed by atoms with Gasteiger partial charge in [0.2, 0.25) is 0 Å². The van der Waals surface area contributed by atoms with Gasteiger partial charge in [0.05, 0.1) is 11.1 Å². The lowest BCUT2D eigenvalue weighted by atomic mass is 10.00. The molecule has 0 aliphatic carbocycles. The van der Waals surface area contributed by atoms with E-state index in [9.17, 15) is 15.2 Å². The van der Waals surface area contributed by atoms with Crippen LogP contribution in [0.2, 0.25) is 0 Å². The number of nitrogens with two attached hydrogens (primary N) is 1. The van der Waals surface area contributed by atoms with Gasteiger partial charge in [0.15, 0.2) is 0 Å². The molecule has 0 atom stereocenters. The van der Waals surface area contributed by atoms with E-state index in [4.69, 9.17) is 5.73 Å². The van der Waals surface area contributed by atoms with Gasteiger partial charge in [0, 0.05) is 31.8 Å². The van der Waals surface area contributed by atoms with Gasteiger partial charge in [0.1, 0.15) is 29.4 Å². The third kappa shape index (κ3) is 3.95. The highest BCUT2D eigenvalue weighted by Gasteiger charge is 2.25. The molecule has 8 nitrogen and oxygen atoms in total. The topological polar surface area (TPSA) is 121 Å². The minimum atomic E-state index is -0.266. The Balaban J connectivity index is 1.99. The fourth-order valence-corrected chi connectivity index (χ4v) is 4.20. The Morgan fingerprint density at radius 1 is 1.25 bits per heavy atom. The summed E-state index contributed by atoms with van der Waals surface area (Å²) in [6, 6.07) is 10.1. The number of nitrogens with zero attached hydrogens (tertiary/aromatic N) is 5. The summed E-state index contributed by atoms with van der Waals surface area (Å²) in [4.78, 5) is 23.4. The molecule has 1 amide bonds. The van der Waals surface area contributed by atoms with Gasteiger partial charge >= 0.3 is 0 Å². The van der Waals surface area contributed by atoms with Gasteiger partial charge in [-0.1, -0.05) is 29.8 Å². The number of carbonyl (C=O) groups excluding carboxylic acids is 1. The molecular weight excluding hydrogens is 404 g/mol. The zero-order chi connectivity index (χ0) is 22.7. The van der Waals surface area contributed by atoms with E-state index < -0.39 is 0 Å². The maximum atomic E-state index is 13.0. The molecule has 0 unspecified atom stereocenters. The molecule has 0 saturated carbocycles. The molecule has 1 saturated heterocycles. The van der Waals surface area contributed by atoms with Crippen molar-refractivity contribution >= 4 is 28.8 Å². The predicted molar refractivity (Wildman–Crippen MR) is 123 cm³/mol. The van der Waals surface area contributed by atoms with E-state index in [1.54, 1.807) is 11.0 Å². The van der Waals surface area contributed by atoms with Crippen molar-refractivity contribution < 1.29 is 9.90 Å².